The third-order valence-electron chi connectivity index (χ3n) is 5.10. The number of anilines is 1. The van der Waals surface area contributed by atoms with E-state index in [0.717, 1.165) is 4.90 Å². The lowest BCUT2D eigenvalue weighted by atomic mass is 9.98. The van der Waals surface area contributed by atoms with Gasteiger partial charge in [0, 0.05) is 19.1 Å². The lowest BCUT2D eigenvalue weighted by molar-refractivity contribution is -0.384. The predicted octanol–water partition coefficient (Wildman–Crippen LogP) is 3.14. The number of esters is 1. The summed E-state index contributed by atoms with van der Waals surface area (Å²) in [5, 5.41) is 11.8. The molecule has 0 spiro atoms. The number of amides is 2. The summed E-state index contributed by atoms with van der Waals surface area (Å²) in [5.41, 5.74) is 0.628. The standard InChI is InChI=1S/C21H20ClN3O7S2/c1-12(2)17(21(28)32-11-14-6-8-15(9-7-14)25(29)30)24-19(27)18(20(24)34(22)31)23(13(3)26)16-5-4-10-33-16/h4-10,17-18,20H,1,11H2,2-3H3. The van der Waals surface area contributed by atoms with E-state index in [4.69, 9.17) is 15.4 Å². The Balaban J connectivity index is 1.81. The number of ether oxygens (including phenoxy) is 1. The van der Waals surface area contributed by atoms with Crippen LogP contribution < -0.4 is 4.90 Å². The van der Waals surface area contributed by atoms with Crippen molar-refractivity contribution in [2.75, 3.05) is 4.90 Å². The number of halogens is 1. The largest absolute Gasteiger partial charge is 0.459 e. The molecule has 10 nitrogen and oxygen atoms in total. The number of nitro groups is 1. The summed E-state index contributed by atoms with van der Waals surface area (Å²) in [6, 6.07) is 6.33. The van der Waals surface area contributed by atoms with E-state index in [0.29, 0.717) is 10.6 Å². The third-order valence-corrected chi connectivity index (χ3v) is 7.38. The van der Waals surface area contributed by atoms with Crippen molar-refractivity contribution in [3.63, 3.8) is 0 Å². The van der Waals surface area contributed by atoms with Crippen LogP contribution in [0.25, 0.3) is 0 Å². The van der Waals surface area contributed by atoms with E-state index < -0.39 is 50.2 Å². The van der Waals surface area contributed by atoms with Crippen LogP contribution >= 0.6 is 22.0 Å². The molecule has 0 bridgehead atoms. The summed E-state index contributed by atoms with van der Waals surface area (Å²) >= 11 is 1.22. The smallest absolute Gasteiger partial charge is 0.333 e. The molecule has 1 saturated heterocycles. The molecule has 0 radical (unpaired) electrons. The first-order valence-corrected chi connectivity index (χ1v) is 12.7. The van der Waals surface area contributed by atoms with Crippen molar-refractivity contribution >= 4 is 60.5 Å². The second kappa shape index (κ2) is 10.5. The van der Waals surface area contributed by atoms with Crippen LogP contribution in [0.3, 0.4) is 0 Å². The van der Waals surface area contributed by atoms with Crippen LogP contribution in [0.2, 0.25) is 0 Å². The van der Waals surface area contributed by atoms with Gasteiger partial charge in [-0.1, -0.05) is 6.58 Å². The third kappa shape index (κ3) is 5.03. The molecule has 0 N–H and O–H groups in total. The quantitative estimate of drug-likeness (QED) is 0.123. The first-order chi connectivity index (χ1) is 16.0. The second-order valence-electron chi connectivity index (χ2n) is 7.45. The van der Waals surface area contributed by atoms with Gasteiger partial charge < -0.3 is 9.64 Å². The summed E-state index contributed by atoms with van der Waals surface area (Å²) in [6.45, 7) is 6.33. The van der Waals surface area contributed by atoms with Gasteiger partial charge in [0.15, 0.2) is 11.4 Å². The van der Waals surface area contributed by atoms with Gasteiger partial charge in [0.2, 0.25) is 5.91 Å². The maximum Gasteiger partial charge on any atom is 0.333 e. The van der Waals surface area contributed by atoms with Crippen molar-refractivity contribution in [1.29, 1.82) is 0 Å². The molecule has 1 fully saturated rings. The Morgan fingerprint density at radius 2 is 1.97 bits per heavy atom. The minimum Gasteiger partial charge on any atom is -0.459 e. The fraction of sp³-hybridized carbons (Fsp3) is 0.286. The Kier molecular flexibility index (Phi) is 7.85. The Morgan fingerprint density at radius 3 is 2.44 bits per heavy atom. The summed E-state index contributed by atoms with van der Waals surface area (Å²) in [5.74, 6) is -1.90. The number of β-lactam (4-membered cyclic amide) rings is 1. The molecule has 1 aromatic heterocycles. The van der Waals surface area contributed by atoms with Crippen molar-refractivity contribution < 1.29 is 28.3 Å². The molecule has 2 aromatic rings. The normalized spacial score (nSPS) is 19.0. The zero-order valence-electron chi connectivity index (χ0n) is 18.1. The lowest BCUT2D eigenvalue weighted by Crippen LogP contribution is -2.75. The molecule has 1 aliphatic rings. The minimum absolute atomic E-state index is 0.111. The second-order valence-corrected chi connectivity index (χ2v) is 10.3. The van der Waals surface area contributed by atoms with Crippen LogP contribution in [0.1, 0.15) is 19.4 Å². The molecule has 0 saturated carbocycles. The van der Waals surface area contributed by atoms with Crippen LogP contribution in [-0.2, 0) is 35.7 Å². The highest BCUT2D eigenvalue weighted by atomic mass is 35.7. The molecule has 1 aliphatic heterocycles. The molecule has 180 valence electrons. The van der Waals surface area contributed by atoms with E-state index in [2.05, 4.69) is 6.58 Å². The van der Waals surface area contributed by atoms with E-state index in [1.807, 2.05) is 0 Å². The van der Waals surface area contributed by atoms with Crippen LogP contribution in [0.5, 0.6) is 0 Å². The van der Waals surface area contributed by atoms with Crippen LogP contribution in [0.4, 0.5) is 10.7 Å². The number of carbonyl (C=O) groups excluding carboxylic acids is 3. The number of hydrogen-bond donors (Lipinski definition) is 0. The Labute approximate surface area is 205 Å². The lowest BCUT2D eigenvalue weighted by Gasteiger charge is -2.51. The van der Waals surface area contributed by atoms with Crippen LogP contribution in [0, 0.1) is 10.1 Å². The maximum atomic E-state index is 13.2. The monoisotopic (exact) mass is 525 g/mol. The van der Waals surface area contributed by atoms with Crippen molar-refractivity contribution in [2.45, 2.75) is 37.9 Å². The van der Waals surface area contributed by atoms with Gasteiger partial charge in [0.05, 0.1) is 9.92 Å². The topological polar surface area (TPSA) is 127 Å². The number of benzene rings is 1. The molecule has 1 aromatic carbocycles. The molecule has 2 amide bonds. The first kappa shape index (κ1) is 25.5. The molecule has 13 heteroatoms. The number of thiophene rings is 1. The molecule has 4 atom stereocenters. The van der Waals surface area contributed by atoms with Crippen molar-refractivity contribution in [3.05, 3.63) is 69.6 Å². The molecule has 0 aliphatic carbocycles. The zero-order chi connectivity index (χ0) is 25.2. The molecule has 2 heterocycles. The fourth-order valence-corrected chi connectivity index (χ4v) is 5.77. The van der Waals surface area contributed by atoms with Gasteiger partial charge in [-0.2, -0.15) is 0 Å². The Hall–Kier alpha value is -3.09. The number of nitro benzene ring substituents is 1. The van der Waals surface area contributed by atoms with E-state index in [9.17, 15) is 28.7 Å². The fourth-order valence-electron chi connectivity index (χ4n) is 3.57. The summed E-state index contributed by atoms with van der Waals surface area (Å²) < 4.78 is 17.7. The van der Waals surface area contributed by atoms with Gasteiger partial charge in [0.1, 0.15) is 22.7 Å². The van der Waals surface area contributed by atoms with Gasteiger partial charge in [-0.15, -0.1) is 11.3 Å². The van der Waals surface area contributed by atoms with E-state index >= 15 is 0 Å². The number of hydrogen-bond acceptors (Lipinski definition) is 8. The summed E-state index contributed by atoms with van der Waals surface area (Å²) in [4.78, 5) is 50.9. The highest BCUT2D eigenvalue weighted by Crippen LogP contribution is 2.37. The van der Waals surface area contributed by atoms with Crippen LogP contribution in [0.15, 0.2) is 53.9 Å². The predicted molar refractivity (Wildman–Crippen MR) is 127 cm³/mol. The zero-order valence-corrected chi connectivity index (χ0v) is 20.5. The van der Waals surface area contributed by atoms with Crippen molar-refractivity contribution in [1.82, 2.24) is 4.90 Å². The highest BCUT2D eigenvalue weighted by Gasteiger charge is 2.59. The van der Waals surface area contributed by atoms with Gasteiger partial charge in [-0.25, -0.2) is 9.00 Å². The summed E-state index contributed by atoms with van der Waals surface area (Å²) in [6.07, 6.45) is 0. The van der Waals surface area contributed by atoms with E-state index in [1.165, 1.54) is 54.3 Å². The number of likely N-dealkylation sites (tertiary alicyclic amines) is 1. The Bertz CT molecular complexity index is 1150. The molecule has 34 heavy (non-hydrogen) atoms. The van der Waals surface area contributed by atoms with Crippen molar-refractivity contribution in [2.24, 2.45) is 0 Å². The number of non-ortho nitro benzene ring substituents is 1. The maximum absolute atomic E-state index is 13.2. The average molecular weight is 526 g/mol. The SMILES string of the molecule is C=C(C)C(C(=O)OCc1ccc([N+](=O)[O-])cc1)N1C(=O)C(N(C(C)=O)c2cccs2)C1S(=O)Cl. The van der Waals surface area contributed by atoms with Gasteiger partial charge in [-0.05, 0) is 58.4 Å². The molecule has 4 unspecified atom stereocenters. The molecular formula is C21H20ClN3O7S2. The van der Waals surface area contributed by atoms with E-state index in [-0.39, 0.29) is 17.9 Å². The number of carbonyl (C=O) groups is 3. The van der Waals surface area contributed by atoms with Gasteiger partial charge in [0.25, 0.3) is 11.6 Å². The average Bonchev–Trinajstić information content (AvgIpc) is 3.30. The molecular weight excluding hydrogens is 506 g/mol. The van der Waals surface area contributed by atoms with Gasteiger partial charge >= 0.3 is 5.97 Å². The summed E-state index contributed by atoms with van der Waals surface area (Å²) in [7, 11) is 3.79. The Morgan fingerprint density at radius 1 is 1.32 bits per heavy atom. The minimum atomic E-state index is -2.13. The van der Waals surface area contributed by atoms with E-state index in [1.54, 1.807) is 17.5 Å². The first-order valence-electron chi connectivity index (χ1n) is 9.82. The van der Waals surface area contributed by atoms with Crippen molar-refractivity contribution in [3.8, 4) is 0 Å². The number of nitrogens with zero attached hydrogens (tertiary/aromatic N) is 3. The number of rotatable bonds is 9. The van der Waals surface area contributed by atoms with Gasteiger partial charge in [-0.3, -0.25) is 24.6 Å². The highest BCUT2D eigenvalue weighted by molar-refractivity contribution is 8.08. The molecule has 3 rings (SSSR count). The van der Waals surface area contributed by atoms with Crippen LogP contribution in [-0.4, -0.2) is 49.3 Å².